The Morgan fingerprint density at radius 3 is 2.44 bits per heavy atom. The van der Waals surface area contributed by atoms with E-state index in [4.69, 9.17) is 0 Å². The summed E-state index contributed by atoms with van der Waals surface area (Å²) in [5.74, 6) is 0. The quantitative estimate of drug-likeness (QED) is 0.876. The highest BCUT2D eigenvalue weighted by molar-refractivity contribution is 7.10. The fourth-order valence-electron chi connectivity index (χ4n) is 2.92. The summed E-state index contributed by atoms with van der Waals surface area (Å²) in [5, 5.41) is 12.8. The van der Waals surface area contributed by atoms with Crippen molar-refractivity contribution in [2.75, 3.05) is 14.1 Å². The Morgan fingerprint density at radius 2 is 2.00 bits per heavy atom. The van der Waals surface area contributed by atoms with Crippen LogP contribution in [-0.2, 0) is 0 Å². The van der Waals surface area contributed by atoms with Crippen LogP contribution in [0, 0.1) is 6.92 Å². The Labute approximate surface area is 102 Å². The first kappa shape index (κ1) is 12.1. The minimum atomic E-state index is -0.337. The van der Waals surface area contributed by atoms with E-state index in [0.717, 1.165) is 18.4 Å². The molecule has 1 atom stereocenters. The minimum Gasteiger partial charge on any atom is -0.386 e. The number of hydrogen-bond acceptors (Lipinski definition) is 3. The van der Waals surface area contributed by atoms with E-state index in [1.54, 1.807) is 11.3 Å². The first-order valence-corrected chi connectivity index (χ1v) is 6.85. The van der Waals surface area contributed by atoms with Crippen LogP contribution >= 0.6 is 11.3 Å². The van der Waals surface area contributed by atoms with Gasteiger partial charge < -0.3 is 10.0 Å². The molecule has 1 N–H and O–H groups in total. The largest absolute Gasteiger partial charge is 0.386 e. The average Bonchev–Trinajstić information content (AvgIpc) is 2.85. The Balaban J connectivity index is 2.31. The van der Waals surface area contributed by atoms with Gasteiger partial charge in [-0.05, 0) is 50.9 Å². The number of nitrogens with zero attached hydrogens (tertiary/aromatic N) is 1. The number of aryl methyl sites for hydroxylation is 1. The normalized spacial score (nSPS) is 21.6. The molecule has 1 saturated carbocycles. The maximum Gasteiger partial charge on any atom is 0.0984 e. The number of aliphatic hydroxyl groups excluding tert-OH is 1. The van der Waals surface area contributed by atoms with Gasteiger partial charge in [0.05, 0.1) is 11.6 Å². The van der Waals surface area contributed by atoms with Crippen molar-refractivity contribution in [2.24, 2.45) is 0 Å². The molecule has 3 heteroatoms. The van der Waals surface area contributed by atoms with Gasteiger partial charge >= 0.3 is 0 Å². The van der Waals surface area contributed by atoms with Crippen molar-refractivity contribution in [3.05, 3.63) is 21.9 Å². The third-order valence-electron chi connectivity index (χ3n) is 4.06. The molecule has 16 heavy (non-hydrogen) atoms. The zero-order valence-electron chi connectivity index (χ0n) is 10.4. The lowest BCUT2D eigenvalue weighted by molar-refractivity contribution is -0.00481. The lowest BCUT2D eigenvalue weighted by Gasteiger charge is -2.40. The lowest BCUT2D eigenvalue weighted by atomic mass is 9.85. The number of rotatable bonds is 3. The maximum atomic E-state index is 10.7. The van der Waals surface area contributed by atoms with Gasteiger partial charge in [-0.2, -0.15) is 0 Å². The summed E-state index contributed by atoms with van der Waals surface area (Å²) in [6.07, 6.45) is 4.35. The maximum absolute atomic E-state index is 10.7. The smallest absolute Gasteiger partial charge is 0.0984 e. The van der Waals surface area contributed by atoms with Crippen LogP contribution in [0.3, 0.4) is 0 Å². The van der Waals surface area contributed by atoms with Crippen LogP contribution in [0.4, 0.5) is 0 Å². The fraction of sp³-hybridized carbons (Fsp3) is 0.692. The average molecular weight is 239 g/mol. The van der Waals surface area contributed by atoms with E-state index in [9.17, 15) is 5.11 Å². The van der Waals surface area contributed by atoms with Gasteiger partial charge in [0, 0.05) is 4.88 Å². The van der Waals surface area contributed by atoms with Crippen LogP contribution in [0.15, 0.2) is 11.4 Å². The molecule has 1 aromatic heterocycles. The molecule has 2 nitrogen and oxygen atoms in total. The second-order valence-electron chi connectivity index (χ2n) is 5.04. The van der Waals surface area contributed by atoms with Crippen molar-refractivity contribution >= 4 is 11.3 Å². The van der Waals surface area contributed by atoms with Gasteiger partial charge in [-0.1, -0.05) is 12.8 Å². The van der Waals surface area contributed by atoms with Gasteiger partial charge in [-0.15, -0.1) is 11.3 Å². The van der Waals surface area contributed by atoms with Crippen molar-refractivity contribution in [3.8, 4) is 0 Å². The van der Waals surface area contributed by atoms with Gasteiger partial charge in [0.25, 0.3) is 0 Å². The zero-order chi connectivity index (χ0) is 11.8. The molecule has 0 radical (unpaired) electrons. The predicted octanol–water partition coefficient (Wildman–Crippen LogP) is 2.96. The lowest BCUT2D eigenvalue weighted by Crippen LogP contribution is -2.47. The van der Waals surface area contributed by atoms with Crippen LogP contribution in [0.1, 0.15) is 42.2 Å². The van der Waals surface area contributed by atoms with Crippen LogP contribution in [-0.4, -0.2) is 29.6 Å². The zero-order valence-corrected chi connectivity index (χ0v) is 11.2. The summed E-state index contributed by atoms with van der Waals surface area (Å²) in [6, 6.07) is 2.08. The topological polar surface area (TPSA) is 23.5 Å². The fourth-order valence-corrected chi connectivity index (χ4v) is 3.65. The molecule has 1 fully saturated rings. The second kappa shape index (κ2) is 4.47. The molecule has 0 aromatic carbocycles. The van der Waals surface area contributed by atoms with E-state index in [2.05, 4.69) is 37.4 Å². The first-order valence-electron chi connectivity index (χ1n) is 5.97. The molecule has 1 aliphatic carbocycles. The molecule has 0 spiro atoms. The summed E-state index contributed by atoms with van der Waals surface area (Å²) in [7, 11) is 4.19. The van der Waals surface area contributed by atoms with Crippen LogP contribution in [0.5, 0.6) is 0 Å². The van der Waals surface area contributed by atoms with Crippen molar-refractivity contribution in [1.29, 1.82) is 0 Å². The molecule has 0 bridgehead atoms. The van der Waals surface area contributed by atoms with Crippen LogP contribution in [0.25, 0.3) is 0 Å². The van der Waals surface area contributed by atoms with Crippen LogP contribution in [0.2, 0.25) is 0 Å². The molecular formula is C13H21NOS. The van der Waals surface area contributed by atoms with E-state index >= 15 is 0 Å². The molecule has 0 aliphatic heterocycles. The Kier molecular flexibility index (Phi) is 3.38. The van der Waals surface area contributed by atoms with Crippen molar-refractivity contribution in [3.63, 3.8) is 0 Å². The van der Waals surface area contributed by atoms with E-state index in [1.165, 1.54) is 17.7 Å². The molecule has 2 rings (SSSR count). The standard InChI is InChI=1S/C13H21NOS/c1-10-11(6-9-16-10)12(15)13(14(2)3)7-4-5-8-13/h6,9,12,15H,4-5,7-8H2,1-3H3. The monoisotopic (exact) mass is 239 g/mol. The molecule has 0 saturated heterocycles. The Hall–Kier alpha value is -0.380. The van der Waals surface area contributed by atoms with E-state index in [0.29, 0.717) is 0 Å². The van der Waals surface area contributed by atoms with Crippen molar-refractivity contribution in [2.45, 2.75) is 44.2 Å². The SMILES string of the molecule is Cc1sccc1C(O)C1(N(C)C)CCCC1. The third-order valence-corrected chi connectivity index (χ3v) is 4.92. The number of thiophene rings is 1. The first-order chi connectivity index (χ1) is 7.58. The number of aliphatic hydroxyl groups is 1. The molecule has 1 heterocycles. The summed E-state index contributed by atoms with van der Waals surface area (Å²) >= 11 is 1.72. The second-order valence-corrected chi connectivity index (χ2v) is 6.16. The van der Waals surface area contributed by atoms with Gasteiger partial charge in [0.1, 0.15) is 0 Å². The highest BCUT2D eigenvalue weighted by atomic mass is 32.1. The highest BCUT2D eigenvalue weighted by Crippen LogP contribution is 2.44. The minimum absolute atomic E-state index is 0.0359. The number of likely N-dealkylation sites (N-methyl/N-ethyl adjacent to an activating group) is 1. The van der Waals surface area contributed by atoms with Crippen molar-refractivity contribution < 1.29 is 5.11 Å². The summed E-state index contributed by atoms with van der Waals surface area (Å²) in [6.45, 7) is 2.10. The molecule has 1 aromatic rings. The summed E-state index contributed by atoms with van der Waals surface area (Å²) in [5.41, 5.74) is 1.09. The third kappa shape index (κ3) is 1.81. The highest BCUT2D eigenvalue weighted by Gasteiger charge is 2.43. The molecule has 1 aliphatic rings. The Morgan fingerprint density at radius 1 is 1.38 bits per heavy atom. The van der Waals surface area contributed by atoms with E-state index < -0.39 is 0 Å². The molecule has 90 valence electrons. The predicted molar refractivity (Wildman–Crippen MR) is 68.9 cm³/mol. The van der Waals surface area contributed by atoms with Gasteiger partial charge in [-0.3, -0.25) is 0 Å². The Bertz CT molecular complexity index is 353. The van der Waals surface area contributed by atoms with E-state index in [-0.39, 0.29) is 11.6 Å². The summed E-state index contributed by atoms with van der Waals surface area (Å²) < 4.78 is 0. The van der Waals surface area contributed by atoms with Crippen molar-refractivity contribution in [1.82, 2.24) is 4.90 Å². The van der Waals surface area contributed by atoms with Crippen LogP contribution < -0.4 is 0 Å². The summed E-state index contributed by atoms with van der Waals surface area (Å²) in [4.78, 5) is 3.47. The number of hydrogen-bond donors (Lipinski definition) is 1. The van der Waals surface area contributed by atoms with Gasteiger partial charge in [-0.25, -0.2) is 0 Å². The molecule has 0 amide bonds. The van der Waals surface area contributed by atoms with Gasteiger partial charge in [0.2, 0.25) is 0 Å². The molecule has 1 unspecified atom stereocenters. The molecular weight excluding hydrogens is 218 g/mol. The van der Waals surface area contributed by atoms with Gasteiger partial charge in [0.15, 0.2) is 0 Å². The van der Waals surface area contributed by atoms with E-state index in [1.807, 2.05) is 0 Å².